The van der Waals surface area contributed by atoms with Gasteiger partial charge in [-0.2, -0.15) is 5.10 Å². The van der Waals surface area contributed by atoms with Crippen molar-refractivity contribution in [3.8, 4) is 5.75 Å². The second kappa shape index (κ2) is 15.8. The lowest BCUT2D eigenvalue weighted by Crippen LogP contribution is -2.44. The summed E-state index contributed by atoms with van der Waals surface area (Å²) in [5.41, 5.74) is 4.18. The Bertz CT molecular complexity index is 2440. The number of anilines is 1. The SMILES string of the molecule is Cn1c(=O)n(C2CCC(=O)NC2=O)c2cccc(C3CCN(C[C@H]4CC[C@H](n5cc6cc(NC(=O)c7ccccn7)c(OC[C@H]7CCC(=O)N7)cc6n5)CC4)CC3)c21. The van der Waals surface area contributed by atoms with Gasteiger partial charge in [0.2, 0.25) is 17.7 Å². The number of imide groups is 1. The highest BCUT2D eigenvalue weighted by Crippen LogP contribution is 2.38. The lowest BCUT2D eigenvalue weighted by molar-refractivity contribution is -0.135. The van der Waals surface area contributed by atoms with Gasteiger partial charge in [0.25, 0.3) is 5.91 Å². The Morgan fingerprint density at radius 1 is 0.914 bits per heavy atom. The number of piperidine rings is 2. The molecule has 0 radical (unpaired) electrons. The van der Waals surface area contributed by atoms with Crippen LogP contribution >= 0.6 is 0 Å². The van der Waals surface area contributed by atoms with Gasteiger partial charge in [0, 0.05) is 50.3 Å². The largest absolute Gasteiger partial charge is 0.489 e. The lowest BCUT2D eigenvalue weighted by atomic mass is 9.84. The first kappa shape index (κ1) is 37.7. The number of para-hydroxylation sites is 1. The molecule has 1 saturated carbocycles. The molecule has 4 fully saturated rings. The molecule has 3 saturated heterocycles. The maximum Gasteiger partial charge on any atom is 0.329 e. The number of imidazole rings is 1. The molecule has 3 aromatic heterocycles. The molecule has 15 heteroatoms. The zero-order valence-electron chi connectivity index (χ0n) is 32.7. The number of hydrogen-bond donors (Lipinski definition) is 3. The Kier molecular flexibility index (Phi) is 10.3. The first-order chi connectivity index (χ1) is 28.2. The van der Waals surface area contributed by atoms with E-state index in [1.54, 1.807) is 40.6 Å². The number of amides is 4. The Morgan fingerprint density at radius 3 is 2.47 bits per heavy atom. The first-order valence-corrected chi connectivity index (χ1v) is 20.6. The van der Waals surface area contributed by atoms with Crippen molar-refractivity contribution in [2.24, 2.45) is 13.0 Å². The first-order valence-electron chi connectivity index (χ1n) is 20.6. The second-order valence-electron chi connectivity index (χ2n) is 16.4. The zero-order chi connectivity index (χ0) is 39.9. The fourth-order valence-corrected chi connectivity index (χ4v) is 9.56. The molecular formula is C43H49N9O6. The quantitative estimate of drug-likeness (QED) is 0.171. The van der Waals surface area contributed by atoms with Gasteiger partial charge in [0.1, 0.15) is 24.1 Å². The molecule has 2 atom stereocenters. The van der Waals surface area contributed by atoms with E-state index in [1.165, 1.54) is 0 Å². The molecule has 0 spiro atoms. The van der Waals surface area contributed by atoms with E-state index in [2.05, 4.69) is 42.8 Å². The van der Waals surface area contributed by atoms with Crippen molar-refractivity contribution >= 4 is 51.3 Å². The van der Waals surface area contributed by atoms with Crippen molar-refractivity contribution in [2.75, 3.05) is 31.6 Å². The number of benzene rings is 2. The Balaban J connectivity index is 0.827. The molecule has 4 amide bonds. The molecule has 0 bridgehead atoms. The van der Waals surface area contributed by atoms with Gasteiger partial charge in [-0.25, -0.2) is 4.79 Å². The Morgan fingerprint density at radius 2 is 1.72 bits per heavy atom. The molecule has 9 rings (SSSR count). The number of carbonyl (C=O) groups is 4. The van der Waals surface area contributed by atoms with Crippen LogP contribution in [-0.4, -0.2) is 84.7 Å². The van der Waals surface area contributed by atoms with Gasteiger partial charge in [-0.1, -0.05) is 18.2 Å². The van der Waals surface area contributed by atoms with E-state index in [4.69, 9.17) is 9.84 Å². The maximum atomic E-state index is 13.5. The monoisotopic (exact) mass is 787 g/mol. The molecule has 4 aliphatic rings. The van der Waals surface area contributed by atoms with Crippen LogP contribution in [0.5, 0.6) is 5.75 Å². The van der Waals surface area contributed by atoms with E-state index in [-0.39, 0.29) is 41.9 Å². The van der Waals surface area contributed by atoms with Crippen LogP contribution in [0.15, 0.2) is 65.7 Å². The van der Waals surface area contributed by atoms with Crippen molar-refractivity contribution in [1.29, 1.82) is 0 Å². The van der Waals surface area contributed by atoms with Crippen LogP contribution in [0, 0.1) is 5.92 Å². The summed E-state index contributed by atoms with van der Waals surface area (Å²) in [5.74, 6) is 0.398. The van der Waals surface area contributed by atoms with Gasteiger partial charge >= 0.3 is 5.69 Å². The van der Waals surface area contributed by atoms with Crippen LogP contribution in [-0.2, 0) is 21.4 Å². The number of hydrogen-bond acceptors (Lipinski definition) is 9. The molecule has 58 heavy (non-hydrogen) atoms. The van der Waals surface area contributed by atoms with E-state index in [0.29, 0.717) is 54.8 Å². The van der Waals surface area contributed by atoms with Gasteiger partial charge < -0.3 is 20.3 Å². The Labute approximate surface area is 335 Å². The predicted octanol–water partition coefficient (Wildman–Crippen LogP) is 4.58. The number of nitrogens with zero attached hydrogens (tertiary/aromatic N) is 6. The summed E-state index contributed by atoms with van der Waals surface area (Å²) >= 11 is 0. The van der Waals surface area contributed by atoms with E-state index in [1.807, 2.05) is 24.3 Å². The third-order valence-corrected chi connectivity index (χ3v) is 12.7. The molecule has 1 unspecified atom stereocenters. The molecule has 1 aliphatic carbocycles. The number of likely N-dealkylation sites (tertiary alicyclic amines) is 1. The number of pyridine rings is 1. The van der Waals surface area contributed by atoms with Crippen molar-refractivity contribution in [1.82, 2.24) is 39.4 Å². The van der Waals surface area contributed by atoms with Gasteiger partial charge in [-0.15, -0.1) is 0 Å². The van der Waals surface area contributed by atoms with Crippen molar-refractivity contribution in [3.05, 3.63) is 82.7 Å². The summed E-state index contributed by atoms with van der Waals surface area (Å²) in [6.07, 6.45) is 11.7. The topological polar surface area (TPSA) is 174 Å². The second-order valence-corrected chi connectivity index (χ2v) is 16.4. The molecule has 302 valence electrons. The van der Waals surface area contributed by atoms with Crippen molar-refractivity contribution < 1.29 is 23.9 Å². The fraction of sp³-hybridized carbons (Fsp3) is 0.465. The van der Waals surface area contributed by atoms with Gasteiger partial charge in [-0.05, 0) is 106 Å². The maximum absolute atomic E-state index is 13.5. The third-order valence-electron chi connectivity index (χ3n) is 12.7. The van der Waals surface area contributed by atoms with E-state index >= 15 is 0 Å². The number of fused-ring (bicyclic) bond motifs is 2. The van der Waals surface area contributed by atoms with E-state index in [0.717, 1.165) is 85.7 Å². The average molecular weight is 788 g/mol. The highest BCUT2D eigenvalue weighted by Gasteiger charge is 2.33. The number of aryl methyl sites for hydroxylation is 1. The fourth-order valence-electron chi connectivity index (χ4n) is 9.56. The smallest absolute Gasteiger partial charge is 0.329 e. The number of ether oxygens (including phenoxy) is 1. The molecule has 5 aromatic rings. The summed E-state index contributed by atoms with van der Waals surface area (Å²) in [5, 5.41) is 14.2. The summed E-state index contributed by atoms with van der Waals surface area (Å²) in [6, 6.07) is 14.5. The highest BCUT2D eigenvalue weighted by atomic mass is 16.5. The number of nitrogens with one attached hydrogen (secondary N) is 3. The minimum Gasteiger partial charge on any atom is -0.489 e. The number of aromatic nitrogens is 5. The number of carbonyl (C=O) groups excluding carboxylic acids is 4. The molecule has 15 nitrogen and oxygen atoms in total. The van der Waals surface area contributed by atoms with Crippen LogP contribution in [0.1, 0.15) is 98.3 Å². The van der Waals surface area contributed by atoms with Crippen LogP contribution in [0.25, 0.3) is 21.9 Å². The third kappa shape index (κ3) is 7.50. The Hall–Kier alpha value is -5.83. The summed E-state index contributed by atoms with van der Waals surface area (Å²) < 4.78 is 11.5. The van der Waals surface area contributed by atoms with Crippen LogP contribution in [0.3, 0.4) is 0 Å². The number of rotatable bonds is 10. The normalized spacial score (nSPS) is 23.3. The van der Waals surface area contributed by atoms with Gasteiger partial charge in [-0.3, -0.25) is 43.3 Å². The summed E-state index contributed by atoms with van der Waals surface area (Å²) in [6.45, 7) is 3.34. The van der Waals surface area contributed by atoms with Gasteiger partial charge in [0.15, 0.2) is 0 Å². The average Bonchev–Trinajstić information content (AvgIpc) is 3.92. The summed E-state index contributed by atoms with van der Waals surface area (Å²) in [4.78, 5) is 69.7. The molecule has 3 N–H and O–H groups in total. The molecular weight excluding hydrogens is 739 g/mol. The minimum absolute atomic E-state index is 0.0206. The standard InChI is InChI=1S/C43H49N9O6/c1-49-40-31(5-4-7-35(40)52(43(49)57)36-13-15-39(54)47-42(36)56)27-16-19-50(20-17-27)23-26-8-11-30(12-9-26)51-24-28-21-34(46-41(55)32-6-2-3-18-44-32)37(22-33(28)48-51)58-25-29-10-14-38(53)45-29/h2-7,18,21-22,24,26-27,29-30,36H,8-17,19-20,23,25H2,1H3,(H,45,53)(H,46,55)(H,47,54,56)/t26-,29-,30-,36?/m1/s1. The van der Waals surface area contributed by atoms with Crippen LogP contribution in [0.4, 0.5) is 5.69 Å². The minimum atomic E-state index is -0.690. The summed E-state index contributed by atoms with van der Waals surface area (Å²) in [7, 11) is 1.78. The molecule has 6 heterocycles. The molecule has 3 aliphatic heterocycles. The van der Waals surface area contributed by atoms with Gasteiger partial charge in [0.05, 0.1) is 34.3 Å². The van der Waals surface area contributed by atoms with Crippen LogP contribution < -0.4 is 26.4 Å². The van der Waals surface area contributed by atoms with Crippen molar-refractivity contribution in [3.63, 3.8) is 0 Å². The predicted molar refractivity (Wildman–Crippen MR) is 217 cm³/mol. The highest BCUT2D eigenvalue weighted by molar-refractivity contribution is 6.05. The van der Waals surface area contributed by atoms with E-state index < -0.39 is 11.9 Å². The van der Waals surface area contributed by atoms with E-state index in [9.17, 15) is 24.0 Å². The lowest BCUT2D eigenvalue weighted by Gasteiger charge is -2.37. The van der Waals surface area contributed by atoms with Crippen molar-refractivity contribution in [2.45, 2.75) is 88.3 Å². The zero-order valence-corrected chi connectivity index (χ0v) is 32.7. The van der Waals surface area contributed by atoms with Crippen LogP contribution in [0.2, 0.25) is 0 Å². The molecule has 2 aromatic carbocycles.